The molecule has 106 valence electrons. The maximum absolute atomic E-state index is 12.4. The van der Waals surface area contributed by atoms with Gasteiger partial charge >= 0.3 is 0 Å². The normalized spacial score (nSPS) is 18.4. The minimum atomic E-state index is 0.134. The summed E-state index contributed by atoms with van der Waals surface area (Å²) in [7, 11) is 0. The molecule has 0 radical (unpaired) electrons. The molecular weight excluding hydrogens is 238 g/mol. The number of hydrogen-bond acceptors (Lipinski definition) is 2. The van der Waals surface area contributed by atoms with Crippen molar-refractivity contribution in [2.24, 2.45) is 5.92 Å². The predicted molar refractivity (Wildman–Crippen MR) is 75.7 cm³/mol. The molecule has 2 N–H and O–H groups in total. The van der Waals surface area contributed by atoms with E-state index in [-0.39, 0.29) is 17.9 Å². The van der Waals surface area contributed by atoms with E-state index in [1.54, 1.807) is 0 Å². The highest BCUT2D eigenvalue weighted by Crippen LogP contribution is 2.28. The molecule has 2 rings (SSSR count). The number of amides is 1. The average Bonchev–Trinajstić information content (AvgIpc) is 2.88. The van der Waals surface area contributed by atoms with E-state index in [1.807, 2.05) is 6.20 Å². The zero-order valence-corrected chi connectivity index (χ0v) is 12.0. The third-order valence-electron chi connectivity index (χ3n) is 4.00. The van der Waals surface area contributed by atoms with Gasteiger partial charge in [0.25, 0.3) is 0 Å². The highest BCUT2D eigenvalue weighted by atomic mass is 16.1. The summed E-state index contributed by atoms with van der Waals surface area (Å²) in [5.74, 6) is 0.388. The number of nitrogens with zero attached hydrogens (tertiary/aromatic N) is 1. The second-order valence-corrected chi connectivity index (χ2v) is 5.54. The Labute approximate surface area is 115 Å². The first kappa shape index (κ1) is 14.1. The molecule has 4 heteroatoms. The number of aromatic nitrogens is 2. The molecular formula is C15H25N3O. The molecule has 0 saturated carbocycles. The number of hydrogen-bond donors (Lipinski definition) is 2. The fraction of sp³-hybridized carbons (Fsp3) is 0.733. The Bertz CT molecular complexity index is 407. The van der Waals surface area contributed by atoms with Gasteiger partial charge < -0.3 is 5.32 Å². The van der Waals surface area contributed by atoms with Crippen molar-refractivity contribution in [1.82, 2.24) is 15.5 Å². The summed E-state index contributed by atoms with van der Waals surface area (Å²) < 4.78 is 0. The Kier molecular flexibility index (Phi) is 5.00. The number of aromatic amines is 1. The van der Waals surface area contributed by atoms with Gasteiger partial charge in [-0.25, -0.2) is 0 Å². The first-order valence-electron chi connectivity index (χ1n) is 7.58. The van der Waals surface area contributed by atoms with E-state index in [9.17, 15) is 4.79 Å². The van der Waals surface area contributed by atoms with Crippen LogP contribution in [0.2, 0.25) is 0 Å². The van der Waals surface area contributed by atoms with Gasteiger partial charge in [-0.1, -0.05) is 26.7 Å². The molecule has 0 spiro atoms. The van der Waals surface area contributed by atoms with Crippen molar-refractivity contribution in [3.8, 4) is 0 Å². The molecule has 0 bridgehead atoms. The Morgan fingerprint density at radius 3 is 2.89 bits per heavy atom. The fourth-order valence-electron chi connectivity index (χ4n) is 3.00. The number of aryl methyl sites for hydroxylation is 1. The van der Waals surface area contributed by atoms with E-state index in [2.05, 4.69) is 29.4 Å². The van der Waals surface area contributed by atoms with Crippen LogP contribution in [0.25, 0.3) is 0 Å². The van der Waals surface area contributed by atoms with Crippen LogP contribution in [0.15, 0.2) is 6.20 Å². The van der Waals surface area contributed by atoms with Crippen molar-refractivity contribution in [2.75, 3.05) is 0 Å². The van der Waals surface area contributed by atoms with E-state index in [0.717, 1.165) is 50.6 Å². The highest BCUT2D eigenvalue weighted by molar-refractivity contribution is 5.79. The minimum Gasteiger partial charge on any atom is -0.348 e. The van der Waals surface area contributed by atoms with Crippen LogP contribution in [0.4, 0.5) is 0 Å². The predicted octanol–water partition coefficient (Wildman–Crippen LogP) is 3.12. The van der Waals surface area contributed by atoms with Crippen molar-refractivity contribution >= 4 is 5.91 Å². The molecule has 0 aromatic carbocycles. The number of nitrogens with one attached hydrogen (secondary N) is 2. The smallest absolute Gasteiger partial charge is 0.223 e. The fourth-order valence-corrected chi connectivity index (χ4v) is 3.00. The van der Waals surface area contributed by atoms with Crippen molar-refractivity contribution in [3.63, 3.8) is 0 Å². The lowest BCUT2D eigenvalue weighted by Gasteiger charge is -2.25. The number of carbonyl (C=O) groups excluding carboxylic acids is 1. The monoisotopic (exact) mass is 263 g/mol. The SMILES string of the molecule is CCCC(CCC)C(=O)N[C@@H]1CCCc2cn[nH]c21. The van der Waals surface area contributed by atoms with Gasteiger partial charge in [0.2, 0.25) is 5.91 Å². The maximum Gasteiger partial charge on any atom is 0.223 e. The lowest BCUT2D eigenvalue weighted by Crippen LogP contribution is -2.35. The van der Waals surface area contributed by atoms with Gasteiger partial charge in [0, 0.05) is 5.92 Å². The lowest BCUT2D eigenvalue weighted by molar-refractivity contribution is -0.126. The first-order chi connectivity index (χ1) is 9.26. The van der Waals surface area contributed by atoms with E-state index < -0.39 is 0 Å². The topological polar surface area (TPSA) is 57.8 Å². The summed E-state index contributed by atoms with van der Waals surface area (Å²) in [4.78, 5) is 12.4. The van der Waals surface area contributed by atoms with Crippen LogP contribution in [0.3, 0.4) is 0 Å². The van der Waals surface area contributed by atoms with Crippen LogP contribution in [0.1, 0.15) is 69.7 Å². The lowest BCUT2D eigenvalue weighted by atomic mass is 9.92. The van der Waals surface area contributed by atoms with Crippen molar-refractivity contribution in [1.29, 1.82) is 0 Å². The molecule has 0 saturated heterocycles. The molecule has 1 aliphatic carbocycles. The highest BCUT2D eigenvalue weighted by Gasteiger charge is 2.26. The van der Waals surface area contributed by atoms with Crippen molar-refractivity contribution in [3.05, 3.63) is 17.5 Å². The minimum absolute atomic E-state index is 0.134. The summed E-state index contributed by atoms with van der Waals surface area (Å²) in [5, 5.41) is 10.4. The van der Waals surface area contributed by atoms with E-state index in [0.29, 0.717) is 0 Å². The molecule has 19 heavy (non-hydrogen) atoms. The molecule has 1 aliphatic rings. The van der Waals surface area contributed by atoms with Crippen LogP contribution in [-0.4, -0.2) is 16.1 Å². The molecule has 1 amide bonds. The third-order valence-corrected chi connectivity index (χ3v) is 4.00. The molecule has 1 aromatic heterocycles. The zero-order chi connectivity index (χ0) is 13.7. The van der Waals surface area contributed by atoms with Gasteiger partial charge in [-0.15, -0.1) is 0 Å². The standard InChI is InChI=1S/C15H25N3O/c1-3-6-11(7-4-2)15(19)17-13-9-5-8-12-10-16-18-14(12)13/h10-11,13H,3-9H2,1-2H3,(H,16,18)(H,17,19)/t13-/m1/s1. The molecule has 1 aromatic rings. The van der Waals surface area contributed by atoms with Crippen LogP contribution < -0.4 is 5.32 Å². The quantitative estimate of drug-likeness (QED) is 0.828. The maximum atomic E-state index is 12.4. The van der Waals surface area contributed by atoms with E-state index >= 15 is 0 Å². The van der Waals surface area contributed by atoms with Crippen LogP contribution in [0.5, 0.6) is 0 Å². The van der Waals surface area contributed by atoms with Crippen LogP contribution in [-0.2, 0) is 11.2 Å². The molecule has 0 aliphatic heterocycles. The molecule has 0 unspecified atom stereocenters. The molecule has 1 atom stereocenters. The average molecular weight is 263 g/mol. The first-order valence-corrected chi connectivity index (χ1v) is 7.58. The molecule has 4 nitrogen and oxygen atoms in total. The van der Waals surface area contributed by atoms with Crippen LogP contribution >= 0.6 is 0 Å². The van der Waals surface area contributed by atoms with Gasteiger partial charge in [-0.05, 0) is 37.7 Å². The van der Waals surface area contributed by atoms with Gasteiger partial charge in [0.15, 0.2) is 0 Å². The summed E-state index contributed by atoms with van der Waals surface area (Å²) in [6, 6.07) is 0.134. The van der Waals surface area contributed by atoms with Gasteiger partial charge in [0.05, 0.1) is 17.9 Å². The zero-order valence-electron chi connectivity index (χ0n) is 12.0. The van der Waals surface area contributed by atoms with E-state index in [4.69, 9.17) is 0 Å². The molecule has 0 fully saturated rings. The molecule has 1 heterocycles. The number of rotatable bonds is 6. The Hall–Kier alpha value is -1.32. The number of carbonyl (C=O) groups is 1. The summed E-state index contributed by atoms with van der Waals surface area (Å²) in [6.45, 7) is 4.28. The van der Waals surface area contributed by atoms with Crippen molar-refractivity contribution in [2.45, 2.75) is 64.8 Å². The van der Waals surface area contributed by atoms with Gasteiger partial charge in [-0.2, -0.15) is 5.10 Å². The van der Waals surface area contributed by atoms with Crippen LogP contribution in [0, 0.1) is 5.92 Å². The second kappa shape index (κ2) is 6.73. The Balaban J connectivity index is 1.99. The number of fused-ring (bicyclic) bond motifs is 1. The Morgan fingerprint density at radius 2 is 2.21 bits per heavy atom. The summed E-state index contributed by atoms with van der Waals surface area (Å²) >= 11 is 0. The summed E-state index contributed by atoms with van der Waals surface area (Å²) in [6.07, 6.45) is 9.23. The van der Waals surface area contributed by atoms with Crippen molar-refractivity contribution < 1.29 is 4.79 Å². The third kappa shape index (κ3) is 3.37. The Morgan fingerprint density at radius 1 is 1.47 bits per heavy atom. The second-order valence-electron chi connectivity index (χ2n) is 5.54. The largest absolute Gasteiger partial charge is 0.348 e. The number of H-pyrrole nitrogens is 1. The van der Waals surface area contributed by atoms with E-state index in [1.165, 1.54) is 5.56 Å². The summed E-state index contributed by atoms with van der Waals surface area (Å²) in [5.41, 5.74) is 2.38. The van der Waals surface area contributed by atoms with Gasteiger partial charge in [0.1, 0.15) is 0 Å². The van der Waals surface area contributed by atoms with Gasteiger partial charge in [-0.3, -0.25) is 9.89 Å².